The van der Waals surface area contributed by atoms with Crippen LogP contribution >= 0.6 is 11.6 Å². The molecule has 0 saturated carbocycles. The first-order valence-corrected chi connectivity index (χ1v) is 9.70. The molecule has 0 aliphatic carbocycles. The molecule has 0 N–H and O–H groups in total. The first-order chi connectivity index (χ1) is 12.7. The number of amides is 1. The van der Waals surface area contributed by atoms with Crippen molar-refractivity contribution in [3.63, 3.8) is 0 Å². The molecule has 1 saturated heterocycles. The van der Waals surface area contributed by atoms with Crippen molar-refractivity contribution in [1.82, 2.24) is 4.90 Å². The van der Waals surface area contributed by atoms with Gasteiger partial charge in [-0.05, 0) is 30.2 Å². The van der Waals surface area contributed by atoms with Crippen molar-refractivity contribution in [2.24, 2.45) is 0 Å². The fourth-order valence-electron chi connectivity index (χ4n) is 3.91. The number of para-hydroxylation sites is 2. The van der Waals surface area contributed by atoms with E-state index in [1.54, 1.807) is 0 Å². The van der Waals surface area contributed by atoms with Crippen LogP contribution in [0.3, 0.4) is 0 Å². The molecule has 0 bridgehead atoms. The van der Waals surface area contributed by atoms with E-state index in [4.69, 9.17) is 11.6 Å². The average Bonchev–Trinajstić information content (AvgIpc) is 3.11. The van der Waals surface area contributed by atoms with Gasteiger partial charge in [0.2, 0.25) is 5.91 Å². The Kier molecular flexibility index (Phi) is 5.14. The van der Waals surface area contributed by atoms with Gasteiger partial charge < -0.3 is 9.80 Å². The highest BCUT2D eigenvalue weighted by Crippen LogP contribution is 2.28. The van der Waals surface area contributed by atoms with Crippen molar-refractivity contribution in [3.05, 3.63) is 59.1 Å². The summed E-state index contributed by atoms with van der Waals surface area (Å²) in [7, 11) is 0. The molecule has 2 aliphatic rings. The summed E-state index contributed by atoms with van der Waals surface area (Å²) >= 11 is 6.31. The topological polar surface area (TPSA) is 26.8 Å². The normalized spacial score (nSPS) is 17.4. The van der Waals surface area contributed by atoms with Crippen molar-refractivity contribution in [2.75, 3.05) is 49.1 Å². The lowest BCUT2D eigenvalue weighted by atomic mass is 10.2. The predicted octanol–water partition coefficient (Wildman–Crippen LogP) is 3.44. The number of piperazine rings is 1. The Morgan fingerprint density at radius 2 is 1.58 bits per heavy atom. The first kappa shape index (κ1) is 17.4. The lowest BCUT2D eigenvalue weighted by molar-refractivity contribution is -0.118. The van der Waals surface area contributed by atoms with Crippen LogP contribution < -0.4 is 9.80 Å². The van der Waals surface area contributed by atoms with Crippen molar-refractivity contribution >= 4 is 28.9 Å². The maximum atomic E-state index is 12.7. The van der Waals surface area contributed by atoms with E-state index in [0.29, 0.717) is 6.42 Å². The van der Waals surface area contributed by atoms with Crippen LogP contribution in [0.1, 0.15) is 12.0 Å². The van der Waals surface area contributed by atoms with E-state index in [1.807, 2.05) is 35.2 Å². The number of benzene rings is 2. The molecule has 4 rings (SSSR count). The van der Waals surface area contributed by atoms with E-state index in [9.17, 15) is 4.79 Å². The Morgan fingerprint density at radius 1 is 0.885 bits per heavy atom. The second-order valence-corrected chi connectivity index (χ2v) is 7.36. The van der Waals surface area contributed by atoms with Crippen LogP contribution in [0.25, 0.3) is 0 Å². The Balaban J connectivity index is 1.28. The summed E-state index contributed by atoms with van der Waals surface area (Å²) in [6, 6.07) is 16.2. The fraction of sp³-hybridized carbons (Fsp3) is 0.381. The quantitative estimate of drug-likeness (QED) is 0.826. The number of halogens is 1. The third kappa shape index (κ3) is 3.57. The minimum Gasteiger partial charge on any atom is -0.368 e. The van der Waals surface area contributed by atoms with Crippen LogP contribution in [0.15, 0.2) is 48.5 Å². The summed E-state index contributed by atoms with van der Waals surface area (Å²) < 4.78 is 0. The lowest BCUT2D eigenvalue weighted by Crippen LogP contribution is -2.47. The molecule has 26 heavy (non-hydrogen) atoms. The van der Waals surface area contributed by atoms with Crippen molar-refractivity contribution in [1.29, 1.82) is 0 Å². The first-order valence-electron chi connectivity index (χ1n) is 9.32. The Bertz CT molecular complexity index is 786. The summed E-state index contributed by atoms with van der Waals surface area (Å²) in [4.78, 5) is 19.3. The zero-order chi connectivity index (χ0) is 17.9. The Hall–Kier alpha value is -2.04. The van der Waals surface area contributed by atoms with E-state index in [-0.39, 0.29) is 5.91 Å². The monoisotopic (exact) mass is 369 g/mol. The predicted molar refractivity (Wildman–Crippen MR) is 107 cm³/mol. The van der Waals surface area contributed by atoms with Gasteiger partial charge in [0.1, 0.15) is 0 Å². The van der Waals surface area contributed by atoms with Crippen LogP contribution in [0, 0.1) is 0 Å². The third-order valence-corrected chi connectivity index (χ3v) is 5.72. The summed E-state index contributed by atoms with van der Waals surface area (Å²) in [6.45, 7) is 5.48. The second kappa shape index (κ2) is 7.68. The summed E-state index contributed by atoms with van der Waals surface area (Å²) in [5, 5.41) is 0.809. The molecule has 2 aromatic carbocycles. The Labute approximate surface area is 160 Å². The van der Waals surface area contributed by atoms with E-state index < -0.39 is 0 Å². The van der Waals surface area contributed by atoms with Crippen LogP contribution in [0.2, 0.25) is 5.02 Å². The van der Waals surface area contributed by atoms with Gasteiger partial charge in [-0.3, -0.25) is 9.69 Å². The third-order valence-electron chi connectivity index (χ3n) is 5.40. The van der Waals surface area contributed by atoms with E-state index in [2.05, 4.69) is 28.0 Å². The van der Waals surface area contributed by atoms with E-state index in [0.717, 1.165) is 62.1 Å². The fourth-order valence-corrected chi connectivity index (χ4v) is 4.16. The minimum atomic E-state index is 0.239. The largest absolute Gasteiger partial charge is 0.368 e. The van der Waals surface area contributed by atoms with E-state index in [1.165, 1.54) is 5.56 Å². The summed E-state index contributed by atoms with van der Waals surface area (Å²) in [6.07, 6.45) is 1.55. The highest BCUT2D eigenvalue weighted by Gasteiger charge is 2.25. The smallest absolute Gasteiger partial charge is 0.228 e. The molecule has 1 amide bonds. The molecule has 0 unspecified atom stereocenters. The van der Waals surface area contributed by atoms with Gasteiger partial charge in [-0.1, -0.05) is 41.9 Å². The van der Waals surface area contributed by atoms with Crippen molar-refractivity contribution in [3.8, 4) is 0 Å². The Morgan fingerprint density at radius 3 is 2.35 bits per heavy atom. The molecule has 0 atom stereocenters. The van der Waals surface area contributed by atoms with E-state index >= 15 is 0 Å². The van der Waals surface area contributed by atoms with Crippen LogP contribution in [0.4, 0.5) is 11.4 Å². The van der Waals surface area contributed by atoms with Gasteiger partial charge in [0.05, 0.1) is 10.7 Å². The summed E-state index contributed by atoms with van der Waals surface area (Å²) in [5.74, 6) is 0.239. The highest BCUT2D eigenvalue weighted by molar-refractivity contribution is 6.33. The van der Waals surface area contributed by atoms with Gasteiger partial charge in [-0.15, -0.1) is 0 Å². The van der Waals surface area contributed by atoms with Crippen molar-refractivity contribution in [2.45, 2.75) is 12.8 Å². The standard InChI is InChI=1S/C21H24ClN3O/c22-18-6-2-4-8-20(18)24-15-13-23(14-16-24)11-10-21(26)25-12-9-17-5-1-3-7-19(17)25/h1-8H,9-16H2. The maximum Gasteiger partial charge on any atom is 0.228 e. The molecule has 2 heterocycles. The van der Waals surface area contributed by atoms with Gasteiger partial charge >= 0.3 is 0 Å². The van der Waals surface area contributed by atoms with Gasteiger partial charge in [0.15, 0.2) is 0 Å². The van der Waals surface area contributed by atoms with Gasteiger partial charge in [-0.2, -0.15) is 0 Å². The molecule has 136 valence electrons. The zero-order valence-corrected chi connectivity index (χ0v) is 15.7. The second-order valence-electron chi connectivity index (χ2n) is 6.95. The van der Waals surface area contributed by atoms with Crippen LogP contribution in [-0.4, -0.2) is 50.1 Å². The lowest BCUT2D eigenvalue weighted by Gasteiger charge is -2.36. The number of carbonyl (C=O) groups excluding carboxylic acids is 1. The number of rotatable bonds is 4. The van der Waals surface area contributed by atoms with Crippen LogP contribution in [0.5, 0.6) is 0 Å². The minimum absolute atomic E-state index is 0.239. The van der Waals surface area contributed by atoms with Gasteiger partial charge in [0.25, 0.3) is 0 Å². The number of nitrogens with zero attached hydrogens (tertiary/aromatic N) is 3. The molecule has 0 aromatic heterocycles. The number of fused-ring (bicyclic) bond motifs is 1. The van der Waals surface area contributed by atoms with Gasteiger partial charge in [-0.25, -0.2) is 0 Å². The molecule has 1 fully saturated rings. The number of anilines is 2. The number of hydrogen-bond acceptors (Lipinski definition) is 3. The zero-order valence-electron chi connectivity index (χ0n) is 14.9. The molecule has 4 nitrogen and oxygen atoms in total. The van der Waals surface area contributed by atoms with Crippen LogP contribution in [-0.2, 0) is 11.2 Å². The molecule has 5 heteroatoms. The molecular weight excluding hydrogens is 346 g/mol. The van der Waals surface area contributed by atoms with Gasteiger partial charge in [0, 0.05) is 51.4 Å². The molecule has 0 radical (unpaired) electrons. The number of hydrogen-bond donors (Lipinski definition) is 0. The average molecular weight is 370 g/mol. The number of carbonyl (C=O) groups is 1. The molecule has 2 aliphatic heterocycles. The highest BCUT2D eigenvalue weighted by atomic mass is 35.5. The molecule has 2 aromatic rings. The SMILES string of the molecule is O=C(CCN1CCN(c2ccccc2Cl)CC1)N1CCc2ccccc21. The van der Waals surface area contributed by atoms with Crippen molar-refractivity contribution < 1.29 is 4.79 Å². The summed E-state index contributed by atoms with van der Waals surface area (Å²) in [5.41, 5.74) is 3.49. The molecular formula is C21H24ClN3O. The maximum absolute atomic E-state index is 12.7. The molecule has 0 spiro atoms.